The molecule has 518 valence electrons. The van der Waals surface area contributed by atoms with Crippen molar-refractivity contribution in [2.75, 3.05) is 33.7 Å². The molecule has 15 N–H and O–H groups in total. The van der Waals surface area contributed by atoms with Gasteiger partial charge in [-0.25, -0.2) is 0 Å². The van der Waals surface area contributed by atoms with Gasteiger partial charge in [-0.2, -0.15) is 0 Å². The Kier molecular flexibility index (Phi) is 28.9. The van der Waals surface area contributed by atoms with E-state index in [1.807, 2.05) is 113 Å². The van der Waals surface area contributed by atoms with Crippen molar-refractivity contribution in [3.8, 4) is 0 Å². The van der Waals surface area contributed by atoms with Gasteiger partial charge in [0.1, 0.15) is 140 Å². The number of aliphatic hydroxyl groups is 15. The lowest BCUT2D eigenvalue weighted by Crippen LogP contribution is -2.68. The molecule has 29 aliphatic heterocycles. The van der Waals surface area contributed by atoms with Gasteiger partial charge in [0.05, 0.1) is 54.9 Å². The number of aliphatic hydroxyl groups excluding tert-OH is 15. The SMILES string of the molecule is CC[C@H]1O[C@@H]2O[C@H]3[C@H](O)[C@@H](O)[C@@H](O[C@H]4[C@H](O)[C@@H](O)[C@@H](O[C@H]5[C@H](O)[C@@H](O)[C@@H](O[C@H]6[C@H](O)[C@@H](O)[C@@H](O[C@H]7[C@H](O)[C@@H](OC)[C@@H](O[C@@H]8[C@@H](CI)C[C@H](O[C@H]9[C@H](O)[C@@H](O)[C@@H](O[C@H]1[C@H](O)[C@H]2O)O[C@@H]9CC)[C@H](O)[C@H]8O)O[C@@H]7CI)O[C@@H]6CI)O[C@@H]5CI)O[C@@H]4CI)O[C@@H]3CI. The van der Waals surface area contributed by atoms with Gasteiger partial charge < -0.3 is 152 Å². The average molecular weight is 1960 g/mol. The van der Waals surface area contributed by atoms with Crippen LogP contribution in [0.15, 0.2) is 0 Å². The third-order valence-electron chi connectivity index (χ3n) is 17.9. The molecule has 0 radical (unpaired) electrons. The molecular formula is C52H82I6O31. The molecule has 1 saturated carbocycles. The highest BCUT2D eigenvalue weighted by atomic mass is 127. The van der Waals surface area contributed by atoms with Gasteiger partial charge in [0.15, 0.2) is 44.0 Å². The molecule has 37 heteroatoms. The van der Waals surface area contributed by atoms with E-state index in [9.17, 15) is 76.6 Å². The molecule has 29 saturated heterocycles. The van der Waals surface area contributed by atoms with Gasteiger partial charge in [0, 0.05) is 33.7 Å². The Hall–Kier alpha value is 3.14. The zero-order valence-corrected chi connectivity index (χ0v) is 60.9. The predicted molar refractivity (Wildman–Crippen MR) is 346 cm³/mol. The van der Waals surface area contributed by atoms with E-state index in [0.29, 0.717) is 4.43 Å². The van der Waals surface area contributed by atoms with Crippen LogP contribution >= 0.6 is 136 Å². The number of halogens is 6. The highest BCUT2D eigenvalue weighted by Gasteiger charge is 2.60. The fraction of sp³-hybridized carbons (Fsp3) is 1.00. The molecule has 30 rings (SSSR count). The van der Waals surface area contributed by atoms with Gasteiger partial charge >= 0.3 is 0 Å². The summed E-state index contributed by atoms with van der Waals surface area (Å²) in [6, 6.07) is 0. The maximum Gasteiger partial charge on any atom is 0.187 e. The van der Waals surface area contributed by atoms with Crippen molar-refractivity contribution < 1.29 is 152 Å². The summed E-state index contributed by atoms with van der Waals surface area (Å²) in [6.45, 7) is 3.38. The highest BCUT2D eigenvalue weighted by Crippen LogP contribution is 2.42. The quantitative estimate of drug-likeness (QED) is 0.0763. The second kappa shape index (κ2) is 33.7. The maximum absolute atomic E-state index is 12.0. The first-order valence-electron chi connectivity index (χ1n) is 29.4. The van der Waals surface area contributed by atoms with Gasteiger partial charge in [0.2, 0.25) is 0 Å². The summed E-state index contributed by atoms with van der Waals surface area (Å²) in [5.41, 5.74) is 0. The third-order valence-corrected chi connectivity index (χ3v) is 23.4. The van der Waals surface area contributed by atoms with E-state index < -0.39 is 245 Å². The molecule has 30 fully saturated rings. The summed E-state index contributed by atoms with van der Waals surface area (Å²) >= 11 is 11.8. The molecule has 40 atom stereocenters. The van der Waals surface area contributed by atoms with E-state index in [0.717, 1.165) is 0 Å². The Bertz CT molecular complexity index is 2180. The lowest BCUT2D eigenvalue weighted by atomic mass is 9.81. The summed E-state index contributed by atoms with van der Waals surface area (Å²) in [6.07, 6.45) is -59.5. The van der Waals surface area contributed by atoms with Gasteiger partial charge in [-0.1, -0.05) is 149 Å². The molecule has 1 aliphatic carbocycles. The van der Waals surface area contributed by atoms with Crippen LogP contribution in [0.4, 0.5) is 0 Å². The van der Waals surface area contributed by atoms with Crippen LogP contribution in [-0.2, 0) is 75.8 Å². The van der Waals surface area contributed by atoms with Gasteiger partial charge in [-0.3, -0.25) is 0 Å². The number of hydrogen-bond acceptors (Lipinski definition) is 31. The second-order valence-corrected chi connectivity index (χ2v) is 28.7. The van der Waals surface area contributed by atoms with Crippen LogP contribution in [0.3, 0.4) is 0 Å². The van der Waals surface area contributed by atoms with Crippen LogP contribution < -0.4 is 0 Å². The molecule has 0 unspecified atom stereocenters. The van der Waals surface area contributed by atoms with E-state index in [2.05, 4.69) is 22.6 Å². The zero-order valence-electron chi connectivity index (χ0n) is 48.0. The van der Waals surface area contributed by atoms with E-state index in [1.54, 1.807) is 13.8 Å². The van der Waals surface area contributed by atoms with Gasteiger partial charge in [-0.05, 0) is 25.2 Å². The Morgan fingerprint density at radius 2 is 0.506 bits per heavy atom. The second-order valence-electron chi connectivity index (χ2n) is 23.4. The highest BCUT2D eigenvalue weighted by molar-refractivity contribution is 14.1. The zero-order chi connectivity index (χ0) is 64.8. The molecule has 0 aromatic heterocycles. The van der Waals surface area contributed by atoms with Crippen molar-refractivity contribution in [3.05, 3.63) is 0 Å². The summed E-state index contributed by atoms with van der Waals surface area (Å²) in [5.74, 6) is -0.581. The minimum Gasteiger partial charge on any atom is -0.388 e. The molecular weight excluding hydrogens is 1880 g/mol. The van der Waals surface area contributed by atoms with Crippen molar-refractivity contribution in [2.45, 2.75) is 272 Å². The molecule has 16 bridgehead atoms. The van der Waals surface area contributed by atoms with Crippen LogP contribution in [-0.4, -0.2) is 350 Å². The van der Waals surface area contributed by atoms with E-state index >= 15 is 0 Å². The summed E-state index contributed by atoms with van der Waals surface area (Å²) in [5, 5.41) is 176. The Morgan fingerprint density at radius 3 is 0.775 bits per heavy atom. The van der Waals surface area contributed by atoms with Crippen molar-refractivity contribution in [1.29, 1.82) is 0 Å². The lowest BCUT2D eigenvalue weighted by molar-refractivity contribution is -0.392. The van der Waals surface area contributed by atoms with Crippen molar-refractivity contribution >= 4 is 136 Å². The minimum atomic E-state index is -1.92. The van der Waals surface area contributed by atoms with Crippen molar-refractivity contribution in [2.24, 2.45) is 5.92 Å². The van der Waals surface area contributed by atoms with Gasteiger partial charge in [0.25, 0.3) is 0 Å². The molecule has 31 nitrogen and oxygen atoms in total. The average Bonchev–Trinajstić information content (AvgIpc) is 1.24. The van der Waals surface area contributed by atoms with E-state index in [1.165, 1.54) is 7.11 Å². The molecule has 0 spiro atoms. The molecule has 89 heavy (non-hydrogen) atoms. The third kappa shape index (κ3) is 15.9. The number of alkyl halides is 6. The van der Waals surface area contributed by atoms with Crippen LogP contribution in [0.25, 0.3) is 0 Å². The number of methoxy groups -OCH3 is 1. The monoisotopic (exact) mass is 1960 g/mol. The van der Waals surface area contributed by atoms with E-state index in [4.69, 9.17) is 75.8 Å². The fourth-order valence-electron chi connectivity index (χ4n) is 12.8. The van der Waals surface area contributed by atoms with Crippen molar-refractivity contribution in [1.82, 2.24) is 0 Å². The summed E-state index contributed by atoms with van der Waals surface area (Å²) in [7, 11) is 1.28. The molecule has 0 aromatic rings. The largest absolute Gasteiger partial charge is 0.388 e. The van der Waals surface area contributed by atoms with Crippen LogP contribution in [0.5, 0.6) is 0 Å². The van der Waals surface area contributed by atoms with Crippen LogP contribution in [0, 0.1) is 5.92 Å². The Balaban J connectivity index is 0.982. The molecule has 29 heterocycles. The van der Waals surface area contributed by atoms with Crippen LogP contribution in [0.1, 0.15) is 33.1 Å². The number of ether oxygens (including phenoxy) is 16. The number of rotatable bonds is 9. The van der Waals surface area contributed by atoms with E-state index in [-0.39, 0.29) is 41.4 Å². The fourth-order valence-corrected chi connectivity index (χ4v) is 17.3. The molecule has 30 aliphatic rings. The maximum atomic E-state index is 12.0. The van der Waals surface area contributed by atoms with Crippen LogP contribution in [0.2, 0.25) is 0 Å². The topological polar surface area (TPSA) is 451 Å². The minimum absolute atomic E-state index is 0.0312. The predicted octanol–water partition coefficient (Wildman–Crippen LogP) is -4.60. The van der Waals surface area contributed by atoms with Crippen molar-refractivity contribution in [3.63, 3.8) is 0 Å². The van der Waals surface area contributed by atoms with Gasteiger partial charge in [-0.15, -0.1) is 0 Å². The number of hydrogen-bond donors (Lipinski definition) is 15. The Morgan fingerprint density at radius 1 is 0.270 bits per heavy atom. The first kappa shape index (κ1) is 76.3. The normalized spacial score (nSPS) is 54.9. The lowest BCUT2D eigenvalue weighted by Gasteiger charge is -2.51. The molecule has 0 amide bonds. The summed E-state index contributed by atoms with van der Waals surface area (Å²) < 4.78 is 99.6. The summed E-state index contributed by atoms with van der Waals surface area (Å²) in [4.78, 5) is 0. The standard InChI is InChI=1S/C52H82I6O31/c1-4-14-38-24(61)30(67)46(76-14)84-39-15(5-2)77-47(31(68)25(39)62)85-40-17(8-54)78-48(32(69)26(40)63)86-41-18(9-55)79-49(33(70)27(41)64)87-42-19(10-56)80-50(34(71)28(42)65)88-43-20(11-57)81-51(35(72)29(43)66)89-44-21(12-58)82-52(45(74-3)36(44)73)83-37-13(7-53)6-16(75-38)22(59)23(37)60/h13-52,59-73H,4-12H2,1-3H3/t13-,14-,15-,16+,17-,18-,19-,20-,21-,22+,23-,24-,25-,26-,27-,28-,29-,30-,31-,32-,33-,34-,35-,36+,37-,38-,39-,40-,41-,42-,43-,44-,45-,46-,47-,48-,49-,50-,51-,52-/m1/s1. The smallest absolute Gasteiger partial charge is 0.187 e. The Labute approximate surface area is 594 Å². The first-order valence-corrected chi connectivity index (χ1v) is 38.5. The molecule has 0 aromatic carbocycles. The first-order chi connectivity index (χ1) is 42.4.